The van der Waals surface area contributed by atoms with Gasteiger partial charge in [0.05, 0.1) is 17.1 Å². The molecule has 0 bridgehead atoms. The van der Waals surface area contributed by atoms with Crippen molar-refractivity contribution >= 4 is 6.15 Å². The van der Waals surface area contributed by atoms with Crippen molar-refractivity contribution < 1.29 is 19.4 Å². The average molecular weight is 288 g/mol. The second kappa shape index (κ2) is 9.28. The highest BCUT2D eigenvalue weighted by Gasteiger charge is 2.28. The Kier molecular flexibility index (Phi) is 8.51. The number of nitrogens with zero attached hydrogens (tertiary/aromatic N) is 3. The van der Waals surface area contributed by atoms with Gasteiger partial charge in [0.15, 0.2) is 0 Å². The maximum atomic E-state index is 11.8. The van der Waals surface area contributed by atoms with E-state index in [1.54, 1.807) is 5.01 Å². The lowest BCUT2D eigenvalue weighted by Crippen LogP contribution is -2.48. The molecule has 8 nitrogen and oxygen atoms in total. The van der Waals surface area contributed by atoms with E-state index in [9.17, 15) is 5.21 Å². The van der Waals surface area contributed by atoms with Crippen LogP contribution in [-0.2, 0) is 14.4 Å². The van der Waals surface area contributed by atoms with Crippen LogP contribution in [0.15, 0.2) is 5.28 Å². The molecule has 0 radical (unpaired) electrons. The summed E-state index contributed by atoms with van der Waals surface area (Å²) in [6.45, 7) is 6.70. The molecule has 0 unspecified atom stereocenters. The standard InChI is InChI=1S/C11H24N4O2.CO2/c1-11(2,3)14(9-8-12)15(16)13-17-10-6-4-5-7-10;2-1-3/h10H,4-9,12H2,1-3H3;/b15-13-;. The number of hydrogen-bond donors (Lipinski definition) is 1. The van der Waals surface area contributed by atoms with Crippen LogP contribution in [0.2, 0.25) is 0 Å². The second-order valence-electron chi connectivity index (χ2n) is 5.51. The van der Waals surface area contributed by atoms with Gasteiger partial charge >= 0.3 is 6.15 Å². The molecule has 0 spiro atoms. The first-order valence-corrected chi connectivity index (χ1v) is 6.67. The van der Waals surface area contributed by atoms with Crippen molar-refractivity contribution in [2.24, 2.45) is 11.0 Å². The lowest BCUT2D eigenvalue weighted by molar-refractivity contribution is -0.725. The zero-order valence-electron chi connectivity index (χ0n) is 12.4. The minimum Gasteiger partial charge on any atom is -0.569 e. The number of carbonyl (C=O) groups excluding carboxylic acids is 2. The Morgan fingerprint density at radius 1 is 1.40 bits per heavy atom. The van der Waals surface area contributed by atoms with E-state index in [4.69, 9.17) is 20.2 Å². The first-order chi connectivity index (χ1) is 9.36. The SMILES string of the molecule is CC(C)(C)N(CCN)/[N+]([O-])=N/OC1CCCC1.O=C=O. The predicted molar refractivity (Wildman–Crippen MR) is 69.9 cm³/mol. The molecule has 8 heteroatoms. The van der Waals surface area contributed by atoms with Gasteiger partial charge < -0.3 is 15.8 Å². The van der Waals surface area contributed by atoms with Crippen molar-refractivity contribution in [2.45, 2.75) is 58.1 Å². The molecule has 0 amide bonds. The van der Waals surface area contributed by atoms with Crippen molar-refractivity contribution in [3.8, 4) is 0 Å². The van der Waals surface area contributed by atoms with Gasteiger partial charge in [0.2, 0.25) is 5.28 Å². The van der Waals surface area contributed by atoms with Crippen LogP contribution in [0.1, 0.15) is 46.5 Å². The third kappa shape index (κ3) is 7.06. The van der Waals surface area contributed by atoms with Crippen LogP contribution in [0.4, 0.5) is 0 Å². The van der Waals surface area contributed by atoms with E-state index >= 15 is 0 Å². The highest BCUT2D eigenvalue weighted by molar-refractivity contribution is 5.20. The molecule has 0 aliphatic heterocycles. The fourth-order valence-corrected chi connectivity index (χ4v) is 1.94. The highest BCUT2D eigenvalue weighted by atomic mass is 16.7. The Bertz CT molecular complexity index is 329. The Hall–Kier alpha value is -1.66. The number of hydrogen-bond acceptors (Lipinski definition) is 6. The van der Waals surface area contributed by atoms with Gasteiger partial charge in [-0.3, -0.25) is 0 Å². The molecule has 0 saturated heterocycles. The van der Waals surface area contributed by atoms with Crippen LogP contribution in [0.25, 0.3) is 0 Å². The summed E-state index contributed by atoms with van der Waals surface area (Å²) in [7, 11) is 0. The minimum absolute atomic E-state index is 0.103. The third-order valence-electron chi connectivity index (χ3n) is 2.89. The smallest absolute Gasteiger partial charge is 0.373 e. The highest BCUT2D eigenvalue weighted by Crippen LogP contribution is 2.21. The van der Waals surface area contributed by atoms with Gasteiger partial charge in [-0.1, -0.05) is 0 Å². The molecule has 20 heavy (non-hydrogen) atoms. The average Bonchev–Trinajstić information content (AvgIpc) is 2.85. The number of rotatable bonds is 5. The van der Waals surface area contributed by atoms with Crippen molar-refractivity contribution in [1.82, 2.24) is 5.01 Å². The van der Waals surface area contributed by atoms with Crippen molar-refractivity contribution in [2.75, 3.05) is 13.1 Å². The lowest BCUT2D eigenvalue weighted by atomic mass is 10.1. The maximum Gasteiger partial charge on any atom is 0.373 e. The van der Waals surface area contributed by atoms with Crippen molar-refractivity contribution in [3.63, 3.8) is 0 Å². The fraction of sp³-hybridized carbons (Fsp3) is 0.917. The Labute approximate surface area is 119 Å². The molecule has 0 aromatic rings. The van der Waals surface area contributed by atoms with E-state index in [0.29, 0.717) is 18.1 Å². The molecular weight excluding hydrogens is 264 g/mol. The van der Waals surface area contributed by atoms with E-state index in [2.05, 4.69) is 5.28 Å². The molecule has 1 aliphatic rings. The maximum absolute atomic E-state index is 11.8. The van der Waals surface area contributed by atoms with Gasteiger partial charge in [0, 0.05) is 6.54 Å². The van der Waals surface area contributed by atoms with Gasteiger partial charge in [-0.25, -0.2) is 0 Å². The van der Waals surface area contributed by atoms with Gasteiger partial charge in [-0.15, -0.1) is 5.01 Å². The van der Waals surface area contributed by atoms with Crippen LogP contribution in [-0.4, -0.2) is 40.9 Å². The summed E-state index contributed by atoms with van der Waals surface area (Å²) < 4.78 is 0. The van der Waals surface area contributed by atoms with Crippen LogP contribution < -0.4 is 5.73 Å². The molecule has 1 saturated carbocycles. The first kappa shape index (κ1) is 18.3. The summed E-state index contributed by atoms with van der Waals surface area (Å²) in [4.78, 5) is 22.0. The molecule has 0 atom stereocenters. The largest absolute Gasteiger partial charge is 0.569 e. The van der Waals surface area contributed by atoms with E-state index < -0.39 is 0 Å². The topological polar surface area (TPSA) is 111 Å². The summed E-state index contributed by atoms with van der Waals surface area (Å²) in [5, 5.41) is 17.0. The normalized spacial score (nSPS) is 16.1. The van der Waals surface area contributed by atoms with Crippen LogP contribution in [0.3, 0.4) is 0 Å². The summed E-state index contributed by atoms with van der Waals surface area (Å²) >= 11 is 0. The van der Waals surface area contributed by atoms with Crippen LogP contribution in [0, 0.1) is 5.21 Å². The molecule has 1 fully saturated rings. The van der Waals surface area contributed by atoms with E-state index in [-0.39, 0.29) is 17.8 Å². The summed E-state index contributed by atoms with van der Waals surface area (Å²) in [6, 6.07) is 0. The van der Waals surface area contributed by atoms with E-state index in [0.717, 1.165) is 25.7 Å². The minimum atomic E-state index is -0.316. The lowest BCUT2D eigenvalue weighted by Gasteiger charge is -2.29. The molecule has 0 heterocycles. The zero-order chi connectivity index (χ0) is 15.6. The monoisotopic (exact) mass is 288 g/mol. The summed E-state index contributed by atoms with van der Waals surface area (Å²) in [6.07, 6.45) is 4.65. The molecule has 116 valence electrons. The van der Waals surface area contributed by atoms with Gasteiger partial charge in [-0.2, -0.15) is 9.59 Å². The number of nitrogens with two attached hydrogens (primary N) is 1. The number of hydrazine groups is 1. The molecule has 0 aromatic carbocycles. The van der Waals surface area contributed by atoms with E-state index in [1.807, 2.05) is 20.8 Å². The third-order valence-corrected chi connectivity index (χ3v) is 2.89. The van der Waals surface area contributed by atoms with Gasteiger partial charge in [0.1, 0.15) is 6.10 Å². The quantitative estimate of drug-likeness (QED) is 0.462. The van der Waals surface area contributed by atoms with E-state index in [1.165, 1.54) is 0 Å². The van der Waals surface area contributed by atoms with Crippen molar-refractivity contribution in [1.29, 1.82) is 0 Å². The second-order valence-corrected chi connectivity index (χ2v) is 5.51. The molecule has 1 rings (SSSR count). The summed E-state index contributed by atoms with van der Waals surface area (Å²) in [5.41, 5.74) is 5.18. The van der Waals surface area contributed by atoms with Crippen LogP contribution in [0.5, 0.6) is 0 Å². The van der Waals surface area contributed by atoms with Gasteiger partial charge in [-0.05, 0) is 46.5 Å². The van der Waals surface area contributed by atoms with Gasteiger partial charge in [0.25, 0.3) is 0 Å². The first-order valence-electron chi connectivity index (χ1n) is 6.67. The Morgan fingerprint density at radius 2 is 1.90 bits per heavy atom. The van der Waals surface area contributed by atoms with Crippen molar-refractivity contribution in [3.05, 3.63) is 5.21 Å². The summed E-state index contributed by atoms with van der Waals surface area (Å²) in [5.74, 6) is 0. The molecule has 2 N–H and O–H groups in total. The van der Waals surface area contributed by atoms with Crippen LogP contribution >= 0.6 is 0 Å². The molecule has 1 aliphatic carbocycles. The Balaban J connectivity index is 0.00000110. The zero-order valence-corrected chi connectivity index (χ0v) is 12.4. The Morgan fingerprint density at radius 3 is 2.30 bits per heavy atom. The fourth-order valence-electron chi connectivity index (χ4n) is 1.94. The molecular formula is C12H24N4O4. The molecule has 0 aromatic heterocycles. The predicted octanol–water partition coefficient (Wildman–Crippen LogP) is 1.21.